The van der Waals surface area contributed by atoms with E-state index in [0.29, 0.717) is 12.0 Å². The number of aryl methyl sites for hydroxylation is 1. The van der Waals surface area contributed by atoms with Gasteiger partial charge < -0.3 is 11.1 Å². The van der Waals surface area contributed by atoms with E-state index >= 15 is 0 Å². The van der Waals surface area contributed by atoms with Gasteiger partial charge in [0.15, 0.2) is 0 Å². The molecule has 0 spiro atoms. The van der Waals surface area contributed by atoms with E-state index in [1.165, 1.54) is 0 Å². The van der Waals surface area contributed by atoms with Crippen LogP contribution in [0.5, 0.6) is 0 Å². The molecule has 4 nitrogen and oxygen atoms in total. The summed E-state index contributed by atoms with van der Waals surface area (Å²) in [5.41, 5.74) is 9.24. The number of hydrogen-bond donors (Lipinski definition) is 2. The third-order valence-corrected chi connectivity index (χ3v) is 4.35. The van der Waals surface area contributed by atoms with Crippen LogP contribution >= 0.6 is 0 Å². The van der Waals surface area contributed by atoms with Gasteiger partial charge in [-0.2, -0.15) is 0 Å². The number of carbonyl (C=O) groups excluding carboxylic acids is 2. The van der Waals surface area contributed by atoms with Gasteiger partial charge in [0.1, 0.15) is 6.04 Å². The summed E-state index contributed by atoms with van der Waals surface area (Å²) in [6.45, 7) is 8.33. The van der Waals surface area contributed by atoms with Crippen LogP contribution in [0, 0.1) is 6.92 Å². The first-order valence-corrected chi connectivity index (χ1v) is 8.43. The van der Waals surface area contributed by atoms with Gasteiger partial charge in [0.2, 0.25) is 5.91 Å². The number of nitrogens with two attached hydrogens (primary N) is 1. The van der Waals surface area contributed by atoms with E-state index < -0.39 is 11.9 Å². The zero-order chi connectivity index (χ0) is 18.6. The van der Waals surface area contributed by atoms with Crippen molar-refractivity contribution >= 4 is 11.8 Å². The Bertz CT molecular complexity index is 758. The van der Waals surface area contributed by atoms with Crippen molar-refractivity contribution in [3.8, 4) is 0 Å². The molecule has 0 unspecified atom stereocenters. The van der Waals surface area contributed by atoms with Gasteiger partial charge in [-0.25, -0.2) is 0 Å². The molecular weight excluding hydrogens is 312 g/mol. The molecule has 0 aliphatic heterocycles. The van der Waals surface area contributed by atoms with Crippen molar-refractivity contribution in [3.05, 3.63) is 70.8 Å². The van der Waals surface area contributed by atoms with Gasteiger partial charge in [0.05, 0.1) is 0 Å². The van der Waals surface area contributed by atoms with Crippen molar-refractivity contribution in [2.45, 2.75) is 45.6 Å². The third-order valence-electron chi connectivity index (χ3n) is 4.35. The van der Waals surface area contributed by atoms with Crippen molar-refractivity contribution in [3.63, 3.8) is 0 Å². The Balaban J connectivity index is 2.13. The molecular formula is C21H26N2O2. The van der Waals surface area contributed by atoms with E-state index in [4.69, 9.17) is 5.73 Å². The number of benzene rings is 2. The van der Waals surface area contributed by atoms with Crippen LogP contribution in [0.15, 0.2) is 48.5 Å². The lowest BCUT2D eigenvalue weighted by atomic mass is 9.86. The molecule has 1 atom stereocenters. The second-order valence-corrected chi connectivity index (χ2v) is 7.39. The fraction of sp³-hybridized carbons (Fsp3) is 0.333. The second kappa shape index (κ2) is 7.51. The predicted octanol–water partition coefficient (Wildman–Crippen LogP) is 3.12. The average Bonchev–Trinajstić information content (AvgIpc) is 2.55. The molecule has 25 heavy (non-hydrogen) atoms. The van der Waals surface area contributed by atoms with Crippen molar-refractivity contribution < 1.29 is 9.59 Å². The van der Waals surface area contributed by atoms with Crippen molar-refractivity contribution in [1.29, 1.82) is 0 Å². The molecule has 4 heteroatoms. The SMILES string of the molecule is Cc1ccccc1C[C@H](NC(=O)c1ccc(C(C)(C)C)cc1)C(N)=O. The molecule has 0 heterocycles. The first-order valence-electron chi connectivity index (χ1n) is 8.43. The molecule has 0 fully saturated rings. The lowest BCUT2D eigenvalue weighted by molar-refractivity contribution is -0.119. The fourth-order valence-corrected chi connectivity index (χ4v) is 2.64. The molecule has 0 aliphatic rings. The van der Waals surface area contributed by atoms with Gasteiger partial charge in [0, 0.05) is 12.0 Å². The Morgan fingerprint density at radius 1 is 1.04 bits per heavy atom. The van der Waals surface area contributed by atoms with Gasteiger partial charge in [0.25, 0.3) is 5.91 Å². The van der Waals surface area contributed by atoms with Gasteiger partial charge in [-0.3, -0.25) is 9.59 Å². The summed E-state index contributed by atoms with van der Waals surface area (Å²) in [7, 11) is 0. The molecule has 0 bridgehead atoms. The molecule has 0 aromatic heterocycles. The summed E-state index contributed by atoms with van der Waals surface area (Å²) < 4.78 is 0. The van der Waals surface area contributed by atoms with Crippen LogP contribution in [0.3, 0.4) is 0 Å². The summed E-state index contributed by atoms with van der Waals surface area (Å²) in [6, 6.07) is 14.5. The Morgan fingerprint density at radius 3 is 2.16 bits per heavy atom. The lowest BCUT2D eigenvalue weighted by Gasteiger charge is -2.20. The Hall–Kier alpha value is -2.62. The highest BCUT2D eigenvalue weighted by Crippen LogP contribution is 2.22. The van der Waals surface area contributed by atoms with Crippen LogP contribution in [0.4, 0.5) is 0 Å². The molecule has 132 valence electrons. The van der Waals surface area contributed by atoms with E-state index in [0.717, 1.165) is 16.7 Å². The highest BCUT2D eigenvalue weighted by molar-refractivity contribution is 5.97. The molecule has 2 rings (SSSR count). The second-order valence-electron chi connectivity index (χ2n) is 7.39. The topological polar surface area (TPSA) is 72.2 Å². The van der Waals surface area contributed by atoms with Crippen molar-refractivity contribution in [1.82, 2.24) is 5.32 Å². The van der Waals surface area contributed by atoms with E-state index in [9.17, 15) is 9.59 Å². The number of carbonyl (C=O) groups is 2. The van der Waals surface area contributed by atoms with Crippen LogP contribution in [0.2, 0.25) is 0 Å². The minimum atomic E-state index is -0.740. The number of primary amides is 1. The monoisotopic (exact) mass is 338 g/mol. The fourth-order valence-electron chi connectivity index (χ4n) is 2.64. The Morgan fingerprint density at radius 2 is 1.64 bits per heavy atom. The molecule has 2 aromatic rings. The largest absolute Gasteiger partial charge is 0.368 e. The lowest BCUT2D eigenvalue weighted by Crippen LogP contribution is -2.46. The quantitative estimate of drug-likeness (QED) is 0.879. The van der Waals surface area contributed by atoms with Crippen LogP contribution in [0.1, 0.15) is 47.8 Å². The normalized spacial score (nSPS) is 12.5. The molecule has 2 aromatic carbocycles. The van der Waals surface area contributed by atoms with Crippen LogP contribution < -0.4 is 11.1 Å². The van der Waals surface area contributed by atoms with Gasteiger partial charge >= 0.3 is 0 Å². The molecule has 0 radical (unpaired) electrons. The van der Waals surface area contributed by atoms with Crippen LogP contribution in [0.25, 0.3) is 0 Å². The van der Waals surface area contributed by atoms with Crippen LogP contribution in [-0.4, -0.2) is 17.9 Å². The van der Waals surface area contributed by atoms with Crippen LogP contribution in [-0.2, 0) is 16.6 Å². The molecule has 0 aliphatic carbocycles. The van der Waals surface area contributed by atoms with E-state index in [1.54, 1.807) is 12.1 Å². The molecule has 2 amide bonds. The Labute approximate surface area is 149 Å². The summed E-state index contributed by atoms with van der Waals surface area (Å²) in [5, 5.41) is 2.75. The van der Waals surface area contributed by atoms with E-state index in [1.807, 2.05) is 43.3 Å². The standard InChI is InChI=1S/C21H26N2O2/c1-14-7-5-6-8-16(14)13-18(19(22)24)23-20(25)15-9-11-17(12-10-15)21(2,3)4/h5-12,18H,13H2,1-4H3,(H2,22,24)(H,23,25)/t18-/m0/s1. The molecule has 0 saturated carbocycles. The summed E-state index contributed by atoms with van der Waals surface area (Å²) in [6.07, 6.45) is 0.383. The van der Waals surface area contributed by atoms with Crippen molar-refractivity contribution in [2.75, 3.05) is 0 Å². The van der Waals surface area contributed by atoms with E-state index in [2.05, 4.69) is 26.1 Å². The maximum atomic E-state index is 12.5. The summed E-state index contributed by atoms with van der Waals surface area (Å²) in [4.78, 5) is 24.3. The first-order chi connectivity index (χ1) is 11.7. The zero-order valence-corrected chi connectivity index (χ0v) is 15.3. The van der Waals surface area contributed by atoms with Gasteiger partial charge in [-0.05, 0) is 41.2 Å². The number of nitrogens with one attached hydrogen (secondary N) is 1. The zero-order valence-electron chi connectivity index (χ0n) is 15.3. The molecule has 3 N–H and O–H groups in total. The smallest absolute Gasteiger partial charge is 0.251 e. The Kier molecular flexibility index (Phi) is 5.62. The molecule has 0 saturated heterocycles. The maximum absolute atomic E-state index is 12.5. The summed E-state index contributed by atoms with van der Waals surface area (Å²) in [5.74, 6) is -0.833. The number of hydrogen-bond acceptors (Lipinski definition) is 2. The minimum Gasteiger partial charge on any atom is -0.368 e. The maximum Gasteiger partial charge on any atom is 0.251 e. The minimum absolute atomic E-state index is 0.0234. The number of amides is 2. The summed E-state index contributed by atoms with van der Waals surface area (Å²) >= 11 is 0. The highest BCUT2D eigenvalue weighted by Gasteiger charge is 2.21. The van der Waals surface area contributed by atoms with Gasteiger partial charge in [-0.1, -0.05) is 57.2 Å². The highest BCUT2D eigenvalue weighted by atomic mass is 16.2. The van der Waals surface area contributed by atoms with E-state index in [-0.39, 0.29) is 11.3 Å². The van der Waals surface area contributed by atoms with Crippen molar-refractivity contribution in [2.24, 2.45) is 5.73 Å². The average molecular weight is 338 g/mol. The van der Waals surface area contributed by atoms with Gasteiger partial charge in [-0.15, -0.1) is 0 Å². The first kappa shape index (κ1) is 18.7. The third kappa shape index (κ3) is 4.92. The predicted molar refractivity (Wildman–Crippen MR) is 100 cm³/mol. The number of rotatable bonds is 5.